The van der Waals surface area contributed by atoms with E-state index in [1.165, 1.54) is 5.57 Å². The number of allylic oxidation sites excluding steroid dienone is 2. The van der Waals surface area contributed by atoms with Gasteiger partial charge in [0.2, 0.25) is 0 Å². The third-order valence-corrected chi connectivity index (χ3v) is 4.07. The molecule has 0 aliphatic carbocycles. The minimum absolute atomic E-state index is 0.00513. The standard InChI is InChI=1S/C23H26O3/c1-18(14-15-24)8-6-9-19(2)17-26-22-13-7-12-21(16-22)23(25)20-10-4-3-5-11-20/h3-5,7,9-14,16,24H,6,8,15,17H2,1-2H3/b18-14+,19-9+. The molecule has 1 N–H and O–H groups in total. The van der Waals surface area contributed by atoms with E-state index in [0.717, 1.165) is 18.4 Å². The van der Waals surface area contributed by atoms with Gasteiger partial charge in [-0.1, -0.05) is 60.2 Å². The Kier molecular flexibility index (Phi) is 7.84. The second-order valence-electron chi connectivity index (χ2n) is 6.33. The highest BCUT2D eigenvalue weighted by molar-refractivity contribution is 6.09. The minimum atomic E-state index is -0.00513. The number of benzene rings is 2. The predicted molar refractivity (Wildman–Crippen MR) is 106 cm³/mol. The van der Waals surface area contributed by atoms with Crippen LogP contribution in [0.3, 0.4) is 0 Å². The predicted octanol–water partition coefficient (Wildman–Crippen LogP) is 4.96. The zero-order valence-electron chi connectivity index (χ0n) is 15.4. The van der Waals surface area contributed by atoms with Crippen molar-refractivity contribution in [2.75, 3.05) is 13.2 Å². The van der Waals surface area contributed by atoms with Gasteiger partial charge in [0.15, 0.2) is 5.78 Å². The van der Waals surface area contributed by atoms with Crippen molar-refractivity contribution in [3.05, 3.63) is 89.0 Å². The van der Waals surface area contributed by atoms with E-state index in [9.17, 15) is 4.79 Å². The molecule has 0 bridgehead atoms. The number of hydrogen-bond acceptors (Lipinski definition) is 3. The van der Waals surface area contributed by atoms with Crippen LogP contribution in [0.2, 0.25) is 0 Å². The van der Waals surface area contributed by atoms with Crippen molar-refractivity contribution in [1.82, 2.24) is 0 Å². The van der Waals surface area contributed by atoms with Crippen molar-refractivity contribution in [3.8, 4) is 5.75 Å². The molecule has 0 unspecified atom stereocenters. The number of aliphatic hydroxyl groups excluding tert-OH is 1. The molecular formula is C23H26O3. The van der Waals surface area contributed by atoms with Crippen molar-refractivity contribution >= 4 is 5.78 Å². The molecule has 0 saturated carbocycles. The van der Waals surface area contributed by atoms with Crippen LogP contribution >= 0.6 is 0 Å². The van der Waals surface area contributed by atoms with E-state index in [1.807, 2.05) is 62.4 Å². The summed E-state index contributed by atoms with van der Waals surface area (Å²) in [5.74, 6) is 0.686. The van der Waals surface area contributed by atoms with E-state index in [2.05, 4.69) is 6.08 Å². The van der Waals surface area contributed by atoms with Crippen LogP contribution < -0.4 is 4.74 Å². The SMILES string of the molecule is C/C(=C\CO)CC/C=C(\C)COc1cccc(C(=O)c2ccccc2)c1. The third kappa shape index (κ3) is 6.34. The highest BCUT2D eigenvalue weighted by atomic mass is 16.5. The molecule has 26 heavy (non-hydrogen) atoms. The highest BCUT2D eigenvalue weighted by Crippen LogP contribution is 2.17. The van der Waals surface area contributed by atoms with E-state index in [0.29, 0.717) is 23.5 Å². The maximum Gasteiger partial charge on any atom is 0.193 e. The third-order valence-electron chi connectivity index (χ3n) is 4.07. The lowest BCUT2D eigenvalue weighted by molar-refractivity contribution is 0.103. The summed E-state index contributed by atoms with van der Waals surface area (Å²) in [5.41, 5.74) is 3.62. The number of hydrogen-bond donors (Lipinski definition) is 1. The fourth-order valence-electron chi connectivity index (χ4n) is 2.54. The molecule has 0 amide bonds. The largest absolute Gasteiger partial charge is 0.489 e. The first kappa shape index (κ1) is 19.7. The molecule has 0 saturated heterocycles. The van der Waals surface area contributed by atoms with Gasteiger partial charge in [0.25, 0.3) is 0 Å². The second kappa shape index (κ2) is 10.4. The molecule has 136 valence electrons. The second-order valence-corrected chi connectivity index (χ2v) is 6.33. The zero-order chi connectivity index (χ0) is 18.8. The lowest BCUT2D eigenvalue weighted by Crippen LogP contribution is -2.03. The highest BCUT2D eigenvalue weighted by Gasteiger charge is 2.09. The number of ketones is 1. The Morgan fingerprint density at radius 3 is 2.42 bits per heavy atom. The van der Waals surface area contributed by atoms with Crippen LogP contribution in [0.15, 0.2) is 77.9 Å². The average Bonchev–Trinajstić information content (AvgIpc) is 2.67. The van der Waals surface area contributed by atoms with Crippen molar-refractivity contribution in [3.63, 3.8) is 0 Å². The first-order valence-electron chi connectivity index (χ1n) is 8.85. The van der Waals surface area contributed by atoms with Gasteiger partial charge in [0, 0.05) is 11.1 Å². The molecule has 0 fully saturated rings. The molecular weight excluding hydrogens is 324 g/mol. The van der Waals surface area contributed by atoms with Gasteiger partial charge >= 0.3 is 0 Å². The molecule has 2 rings (SSSR count). The van der Waals surface area contributed by atoms with Crippen LogP contribution in [0.25, 0.3) is 0 Å². The van der Waals surface area contributed by atoms with Crippen LogP contribution in [-0.2, 0) is 0 Å². The molecule has 2 aromatic rings. The molecule has 0 aliphatic heterocycles. The summed E-state index contributed by atoms with van der Waals surface area (Å²) in [6.45, 7) is 4.64. The summed E-state index contributed by atoms with van der Waals surface area (Å²) in [6, 6.07) is 16.5. The number of carbonyl (C=O) groups excluding carboxylic acids is 1. The van der Waals surface area contributed by atoms with E-state index < -0.39 is 0 Å². The Hall–Kier alpha value is -2.65. The van der Waals surface area contributed by atoms with E-state index >= 15 is 0 Å². The summed E-state index contributed by atoms with van der Waals surface area (Å²) < 4.78 is 5.82. The smallest absolute Gasteiger partial charge is 0.193 e. The van der Waals surface area contributed by atoms with Gasteiger partial charge in [0.1, 0.15) is 12.4 Å². The van der Waals surface area contributed by atoms with Gasteiger partial charge in [-0.3, -0.25) is 4.79 Å². The molecule has 0 heterocycles. The van der Waals surface area contributed by atoms with Gasteiger partial charge in [-0.25, -0.2) is 0 Å². The Balaban J connectivity index is 1.92. The molecule has 0 spiro atoms. The molecule has 3 nitrogen and oxygen atoms in total. The summed E-state index contributed by atoms with van der Waals surface area (Å²) in [6.07, 6.45) is 5.83. The Labute approximate surface area is 155 Å². The van der Waals surface area contributed by atoms with Gasteiger partial charge < -0.3 is 9.84 Å². The molecule has 3 heteroatoms. The number of aliphatic hydroxyl groups is 1. The van der Waals surface area contributed by atoms with Crippen molar-refractivity contribution in [2.24, 2.45) is 0 Å². The van der Waals surface area contributed by atoms with Crippen LogP contribution in [-0.4, -0.2) is 24.1 Å². The quantitative estimate of drug-likeness (QED) is 0.513. The number of ether oxygens (including phenoxy) is 1. The fourth-order valence-corrected chi connectivity index (χ4v) is 2.54. The van der Waals surface area contributed by atoms with Crippen molar-refractivity contribution in [2.45, 2.75) is 26.7 Å². The fraction of sp³-hybridized carbons (Fsp3) is 0.261. The Morgan fingerprint density at radius 2 is 1.69 bits per heavy atom. The molecule has 0 radical (unpaired) electrons. The van der Waals surface area contributed by atoms with Gasteiger partial charge in [-0.05, 0) is 44.4 Å². The molecule has 0 aromatic heterocycles. The Morgan fingerprint density at radius 1 is 0.962 bits per heavy atom. The summed E-state index contributed by atoms with van der Waals surface area (Å²) in [7, 11) is 0. The normalized spacial score (nSPS) is 12.1. The lowest BCUT2D eigenvalue weighted by atomic mass is 10.0. The monoisotopic (exact) mass is 350 g/mol. The van der Waals surface area contributed by atoms with Crippen molar-refractivity contribution in [1.29, 1.82) is 0 Å². The van der Waals surface area contributed by atoms with E-state index in [-0.39, 0.29) is 12.4 Å². The van der Waals surface area contributed by atoms with Crippen LogP contribution in [0.4, 0.5) is 0 Å². The summed E-state index contributed by atoms with van der Waals surface area (Å²) in [4.78, 5) is 12.5. The molecule has 0 atom stereocenters. The van der Waals surface area contributed by atoms with Gasteiger partial charge in [-0.15, -0.1) is 0 Å². The number of rotatable bonds is 9. The maximum absolute atomic E-state index is 12.5. The summed E-state index contributed by atoms with van der Waals surface area (Å²) in [5, 5.41) is 8.85. The first-order chi connectivity index (χ1) is 12.6. The van der Waals surface area contributed by atoms with Gasteiger partial charge in [-0.2, -0.15) is 0 Å². The maximum atomic E-state index is 12.5. The van der Waals surface area contributed by atoms with Gasteiger partial charge in [0.05, 0.1) is 6.61 Å². The average molecular weight is 350 g/mol. The number of carbonyl (C=O) groups is 1. The van der Waals surface area contributed by atoms with Crippen molar-refractivity contribution < 1.29 is 14.6 Å². The topological polar surface area (TPSA) is 46.5 Å². The summed E-state index contributed by atoms with van der Waals surface area (Å²) >= 11 is 0. The Bertz CT molecular complexity index is 773. The van der Waals surface area contributed by atoms with Crippen LogP contribution in [0.5, 0.6) is 5.75 Å². The molecule has 0 aliphatic rings. The van der Waals surface area contributed by atoms with E-state index in [4.69, 9.17) is 9.84 Å². The first-order valence-corrected chi connectivity index (χ1v) is 8.85. The zero-order valence-corrected chi connectivity index (χ0v) is 15.4. The van der Waals surface area contributed by atoms with E-state index in [1.54, 1.807) is 12.1 Å². The van der Waals surface area contributed by atoms with Crippen LogP contribution in [0.1, 0.15) is 42.6 Å². The van der Waals surface area contributed by atoms with Crippen LogP contribution in [0, 0.1) is 0 Å². The minimum Gasteiger partial charge on any atom is -0.489 e. The lowest BCUT2D eigenvalue weighted by Gasteiger charge is -2.08. The molecule has 2 aromatic carbocycles.